The highest BCUT2D eigenvalue weighted by molar-refractivity contribution is 5.76. The van der Waals surface area contributed by atoms with E-state index in [9.17, 15) is 4.79 Å². The zero-order valence-corrected chi connectivity index (χ0v) is 12.4. The first-order chi connectivity index (χ1) is 10.3. The van der Waals surface area contributed by atoms with Gasteiger partial charge in [-0.1, -0.05) is 30.3 Å². The summed E-state index contributed by atoms with van der Waals surface area (Å²) in [6.45, 7) is 2.43. The fourth-order valence-corrected chi connectivity index (χ4v) is 2.74. The summed E-state index contributed by atoms with van der Waals surface area (Å²) in [6, 6.07) is 12.2. The summed E-state index contributed by atoms with van der Waals surface area (Å²) < 4.78 is 0. The molecule has 1 aromatic rings. The summed E-state index contributed by atoms with van der Waals surface area (Å²) in [6.07, 6.45) is 4.41. The van der Waals surface area contributed by atoms with E-state index >= 15 is 0 Å². The van der Waals surface area contributed by atoms with Gasteiger partial charge in [0.15, 0.2) is 0 Å². The third kappa shape index (κ3) is 4.87. The molecule has 1 N–H and O–H groups in total. The SMILES string of the molecule is N#CCC(NCCC(=O)N1CCCCC1)c1ccccc1. The molecular weight excluding hydrogens is 262 g/mol. The van der Waals surface area contributed by atoms with Crippen molar-refractivity contribution >= 4 is 5.91 Å². The van der Waals surface area contributed by atoms with Gasteiger partial charge in [0.2, 0.25) is 5.91 Å². The van der Waals surface area contributed by atoms with Crippen molar-refractivity contribution in [1.29, 1.82) is 5.26 Å². The second-order valence-corrected chi connectivity index (χ2v) is 5.47. The molecule has 0 radical (unpaired) electrons. The third-order valence-electron chi connectivity index (χ3n) is 3.94. The molecule has 4 nitrogen and oxygen atoms in total. The largest absolute Gasteiger partial charge is 0.343 e. The van der Waals surface area contributed by atoms with E-state index in [1.165, 1.54) is 6.42 Å². The molecule has 1 heterocycles. The Balaban J connectivity index is 1.79. The molecule has 2 rings (SSSR count). The maximum Gasteiger partial charge on any atom is 0.223 e. The summed E-state index contributed by atoms with van der Waals surface area (Å²) in [5.74, 6) is 0.228. The minimum atomic E-state index is 0.00496. The molecule has 1 aliphatic heterocycles. The van der Waals surface area contributed by atoms with Gasteiger partial charge in [0.05, 0.1) is 12.5 Å². The molecule has 1 aliphatic rings. The van der Waals surface area contributed by atoms with E-state index in [0.717, 1.165) is 31.5 Å². The molecule has 0 aliphatic carbocycles. The monoisotopic (exact) mass is 285 g/mol. The van der Waals surface area contributed by atoms with Crippen molar-refractivity contribution in [3.05, 3.63) is 35.9 Å². The number of amides is 1. The van der Waals surface area contributed by atoms with Crippen LogP contribution in [0.2, 0.25) is 0 Å². The van der Waals surface area contributed by atoms with E-state index in [-0.39, 0.29) is 11.9 Å². The molecule has 21 heavy (non-hydrogen) atoms. The number of nitrogens with one attached hydrogen (secondary N) is 1. The maximum absolute atomic E-state index is 12.1. The lowest BCUT2D eigenvalue weighted by molar-refractivity contribution is -0.132. The fourth-order valence-electron chi connectivity index (χ4n) is 2.74. The number of benzene rings is 1. The Hall–Kier alpha value is -1.86. The quantitative estimate of drug-likeness (QED) is 0.874. The van der Waals surface area contributed by atoms with Crippen molar-refractivity contribution in [2.75, 3.05) is 19.6 Å². The van der Waals surface area contributed by atoms with Gasteiger partial charge in [0, 0.05) is 32.1 Å². The van der Waals surface area contributed by atoms with Gasteiger partial charge in [-0.05, 0) is 24.8 Å². The lowest BCUT2D eigenvalue weighted by Gasteiger charge is -2.27. The van der Waals surface area contributed by atoms with Gasteiger partial charge in [0.25, 0.3) is 0 Å². The number of likely N-dealkylation sites (tertiary alicyclic amines) is 1. The lowest BCUT2D eigenvalue weighted by Crippen LogP contribution is -2.37. The second-order valence-electron chi connectivity index (χ2n) is 5.47. The molecule has 1 amide bonds. The zero-order chi connectivity index (χ0) is 14.9. The molecular formula is C17H23N3O. The van der Waals surface area contributed by atoms with Crippen molar-refractivity contribution in [2.24, 2.45) is 0 Å². The molecule has 1 atom stereocenters. The topological polar surface area (TPSA) is 56.1 Å². The van der Waals surface area contributed by atoms with Gasteiger partial charge in [-0.2, -0.15) is 5.26 Å². The Morgan fingerprint density at radius 1 is 1.24 bits per heavy atom. The molecule has 1 fully saturated rings. The number of hydrogen-bond donors (Lipinski definition) is 1. The van der Waals surface area contributed by atoms with Crippen molar-refractivity contribution < 1.29 is 4.79 Å². The number of carbonyl (C=O) groups is 1. The van der Waals surface area contributed by atoms with Crippen LogP contribution < -0.4 is 5.32 Å². The highest BCUT2D eigenvalue weighted by atomic mass is 16.2. The van der Waals surface area contributed by atoms with Crippen LogP contribution in [0.1, 0.15) is 43.7 Å². The predicted molar refractivity (Wildman–Crippen MR) is 82.5 cm³/mol. The third-order valence-corrected chi connectivity index (χ3v) is 3.94. The van der Waals surface area contributed by atoms with Gasteiger partial charge in [-0.25, -0.2) is 0 Å². The summed E-state index contributed by atoms with van der Waals surface area (Å²) in [5.41, 5.74) is 1.10. The first-order valence-electron chi connectivity index (χ1n) is 7.74. The summed E-state index contributed by atoms with van der Waals surface area (Å²) in [7, 11) is 0. The van der Waals surface area contributed by atoms with Crippen LogP contribution in [0.25, 0.3) is 0 Å². The molecule has 1 aromatic carbocycles. The number of carbonyl (C=O) groups excluding carboxylic acids is 1. The Kier molecular flexibility index (Phi) is 6.23. The minimum Gasteiger partial charge on any atom is -0.343 e. The normalized spacial score (nSPS) is 16.2. The summed E-state index contributed by atoms with van der Waals surface area (Å²) >= 11 is 0. The van der Waals surface area contributed by atoms with Gasteiger partial charge in [-0.3, -0.25) is 4.79 Å². The Morgan fingerprint density at radius 3 is 2.62 bits per heavy atom. The van der Waals surface area contributed by atoms with Crippen molar-refractivity contribution in [1.82, 2.24) is 10.2 Å². The van der Waals surface area contributed by atoms with E-state index in [1.807, 2.05) is 35.2 Å². The molecule has 0 aromatic heterocycles. The van der Waals surface area contributed by atoms with E-state index in [0.29, 0.717) is 19.4 Å². The van der Waals surface area contributed by atoms with Crippen LogP contribution in [-0.2, 0) is 4.79 Å². The number of piperidine rings is 1. The van der Waals surface area contributed by atoms with Gasteiger partial charge < -0.3 is 10.2 Å². The first-order valence-corrected chi connectivity index (χ1v) is 7.74. The van der Waals surface area contributed by atoms with Crippen LogP contribution in [0, 0.1) is 11.3 Å². The average Bonchev–Trinajstić information content (AvgIpc) is 2.55. The number of nitrogens with zero attached hydrogens (tertiary/aromatic N) is 2. The number of nitriles is 1. The molecule has 0 spiro atoms. The fraction of sp³-hybridized carbons (Fsp3) is 0.529. The maximum atomic E-state index is 12.1. The lowest BCUT2D eigenvalue weighted by atomic mass is 10.0. The standard InChI is InChI=1S/C17H23N3O/c18-11-9-16(15-7-3-1-4-8-15)19-12-10-17(21)20-13-5-2-6-14-20/h1,3-4,7-8,16,19H,2,5-6,9-10,12-14H2. The van der Waals surface area contributed by atoms with E-state index in [4.69, 9.17) is 5.26 Å². The van der Waals surface area contributed by atoms with Crippen molar-refractivity contribution in [3.8, 4) is 6.07 Å². The van der Waals surface area contributed by atoms with E-state index in [1.54, 1.807) is 0 Å². The van der Waals surface area contributed by atoms with Crippen molar-refractivity contribution in [2.45, 2.75) is 38.1 Å². The van der Waals surface area contributed by atoms with Crippen LogP contribution in [-0.4, -0.2) is 30.4 Å². The van der Waals surface area contributed by atoms with Crippen molar-refractivity contribution in [3.63, 3.8) is 0 Å². The zero-order valence-electron chi connectivity index (χ0n) is 12.4. The summed E-state index contributed by atoms with van der Waals surface area (Å²) in [5, 5.41) is 12.3. The smallest absolute Gasteiger partial charge is 0.223 e. The first kappa shape index (κ1) is 15.5. The predicted octanol–water partition coefficient (Wildman–Crippen LogP) is 2.63. The van der Waals surface area contributed by atoms with Gasteiger partial charge in [-0.15, -0.1) is 0 Å². The van der Waals surface area contributed by atoms with Crippen LogP contribution in [0.5, 0.6) is 0 Å². The molecule has 1 saturated heterocycles. The minimum absolute atomic E-state index is 0.00496. The molecule has 0 bridgehead atoms. The summed E-state index contributed by atoms with van der Waals surface area (Å²) in [4.78, 5) is 14.1. The highest BCUT2D eigenvalue weighted by Crippen LogP contribution is 2.16. The van der Waals surface area contributed by atoms with Gasteiger partial charge in [0.1, 0.15) is 0 Å². The highest BCUT2D eigenvalue weighted by Gasteiger charge is 2.17. The Morgan fingerprint density at radius 2 is 1.95 bits per heavy atom. The van der Waals surface area contributed by atoms with E-state index < -0.39 is 0 Å². The molecule has 112 valence electrons. The number of hydrogen-bond acceptors (Lipinski definition) is 3. The number of rotatable bonds is 6. The van der Waals surface area contributed by atoms with E-state index in [2.05, 4.69) is 11.4 Å². The Labute approximate surface area is 126 Å². The molecule has 0 saturated carbocycles. The molecule has 4 heteroatoms. The molecule has 1 unspecified atom stereocenters. The van der Waals surface area contributed by atoms with Crippen LogP contribution in [0.3, 0.4) is 0 Å². The average molecular weight is 285 g/mol. The second kappa shape index (κ2) is 8.43. The Bertz CT molecular complexity index is 475. The van der Waals surface area contributed by atoms with Gasteiger partial charge >= 0.3 is 0 Å². The van der Waals surface area contributed by atoms with Crippen LogP contribution >= 0.6 is 0 Å². The van der Waals surface area contributed by atoms with Crippen LogP contribution in [0.15, 0.2) is 30.3 Å². The van der Waals surface area contributed by atoms with Crippen LogP contribution in [0.4, 0.5) is 0 Å².